The van der Waals surface area contributed by atoms with E-state index in [1.54, 1.807) is 0 Å². The summed E-state index contributed by atoms with van der Waals surface area (Å²) in [4.78, 5) is 2.50. The van der Waals surface area contributed by atoms with Crippen LogP contribution in [0.3, 0.4) is 0 Å². The van der Waals surface area contributed by atoms with Gasteiger partial charge in [0.25, 0.3) is 0 Å². The Kier molecular flexibility index (Phi) is 2.90. The van der Waals surface area contributed by atoms with Gasteiger partial charge in [0.15, 0.2) is 0 Å². The van der Waals surface area contributed by atoms with Gasteiger partial charge in [0.05, 0.1) is 0 Å². The molecule has 0 aromatic rings. The van der Waals surface area contributed by atoms with Crippen molar-refractivity contribution in [1.29, 1.82) is 0 Å². The summed E-state index contributed by atoms with van der Waals surface area (Å²) < 4.78 is 0. The van der Waals surface area contributed by atoms with Crippen molar-refractivity contribution in [2.45, 2.75) is 20.8 Å². The highest BCUT2D eigenvalue weighted by Gasteiger charge is 2.32. The first kappa shape index (κ1) is 9.01. The molecule has 2 nitrogen and oxygen atoms in total. The smallest absolute Gasteiger partial charge is 0.00595 e. The molecule has 0 spiro atoms. The Balaban J connectivity index is 2.27. The van der Waals surface area contributed by atoms with E-state index in [9.17, 15) is 0 Å². The fraction of sp³-hybridized carbons (Fsp3) is 1.00. The quantitative estimate of drug-likeness (QED) is 0.651. The molecule has 0 aromatic carbocycles. The van der Waals surface area contributed by atoms with Gasteiger partial charge in [-0.3, -0.25) is 0 Å². The molecule has 11 heavy (non-hydrogen) atoms. The van der Waals surface area contributed by atoms with Gasteiger partial charge in [-0.25, -0.2) is 0 Å². The van der Waals surface area contributed by atoms with Gasteiger partial charge in [-0.2, -0.15) is 0 Å². The lowest BCUT2D eigenvalue weighted by molar-refractivity contribution is 0.115. The van der Waals surface area contributed by atoms with Crippen LogP contribution in [-0.2, 0) is 0 Å². The fourth-order valence-electron chi connectivity index (χ4n) is 1.65. The summed E-state index contributed by atoms with van der Waals surface area (Å²) in [6, 6.07) is 0. The molecule has 1 aliphatic heterocycles. The topological polar surface area (TPSA) is 15.3 Å². The third-order valence-corrected chi connectivity index (χ3v) is 2.60. The van der Waals surface area contributed by atoms with Crippen molar-refractivity contribution >= 4 is 0 Å². The molecule has 0 radical (unpaired) electrons. The third-order valence-electron chi connectivity index (χ3n) is 2.60. The molecule has 1 aliphatic rings. The van der Waals surface area contributed by atoms with Crippen molar-refractivity contribution < 1.29 is 0 Å². The van der Waals surface area contributed by atoms with Gasteiger partial charge in [0.1, 0.15) is 0 Å². The van der Waals surface area contributed by atoms with Gasteiger partial charge in [0, 0.05) is 25.0 Å². The first-order valence-corrected chi connectivity index (χ1v) is 4.63. The van der Waals surface area contributed by atoms with Gasteiger partial charge in [-0.05, 0) is 13.1 Å². The number of rotatable bonds is 4. The molecular weight excluding hydrogens is 136 g/mol. The Morgan fingerprint density at radius 2 is 1.82 bits per heavy atom. The average molecular weight is 156 g/mol. The highest BCUT2D eigenvalue weighted by molar-refractivity contribution is 4.90. The van der Waals surface area contributed by atoms with Crippen molar-refractivity contribution in [3.63, 3.8) is 0 Å². The van der Waals surface area contributed by atoms with Gasteiger partial charge < -0.3 is 10.2 Å². The maximum atomic E-state index is 3.33. The predicted molar refractivity (Wildman–Crippen MR) is 48.8 cm³/mol. The molecule has 0 saturated carbocycles. The maximum Gasteiger partial charge on any atom is 0.00595 e. The van der Waals surface area contributed by atoms with Gasteiger partial charge in [-0.15, -0.1) is 0 Å². The molecule has 1 rings (SSSR count). The number of hydrogen-bond acceptors (Lipinski definition) is 2. The molecule has 2 heteroatoms. The lowest BCUT2D eigenvalue weighted by Gasteiger charge is -2.42. The standard InChI is InChI=1S/C9H20N2/c1-4-11(5-2)8-9(3)6-10-7-9/h10H,4-8H2,1-3H3. The van der Waals surface area contributed by atoms with Crippen LogP contribution in [0.1, 0.15) is 20.8 Å². The summed E-state index contributed by atoms with van der Waals surface area (Å²) in [6.07, 6.45) is 0. The van der Waals surface area contributed by atoms with Crippen molar-refractivity contribution in [2.75, 3.05) is 32.7 Å². The second-order valence-electron chi connectivity index (χ2n) is 3.88. The minimum atomic E-state index is 0.562. The third kappa shape index (κ3) is 2.17. The van der Waals surface area contributed by atoms with E-state index < -0.39 is 0 Å². The summed E-state index contributed by atoms with van der Waals surface area (Å²) >= 11 is 0. The lowest BCUT2D eigenvalue weighted by atomic mass is 9.83. The molecule has 0 unspecified atom stereocenters. The van der Waals surface area contributed by atoms with Crippen molar-refractivity contribution in [3.05, 3.63) is 0 Å². The van der Waals surface area contributed by atoms with Crippen LogP contribution in [0.5, 0.6) is 0 Å². The Hall–Kier alpha value is -0.0800. The van der Waals surface area contributed by atoms with E-state index in [4.69, 9.17) is 0 Å². The zero-order valence-corrected chi connectivity index (χ0v) is 7.98. The Morgan fingerprint density at radius 3 is 2.09 bits per heavy atom. The SMILES string of the molecule is CCN(CC)CC1(C)CNC1. The van der Waals surface area contributed by atoms with Crippen LogP contribution in [-0.4, -0.2) is 37.6 Å². The van der Waals surface area contributed by atoms with Crippen LogP contribution in [0.2, 0.25) is 0 Å². The zero-order valence-electron chi connectivity index (χ0n) is 7.98. The van der Waals surface area contributed by atoms with Crippen LogP contribution in [0.4, 0.5) is 0 Å². The minimum Gasteiger partial charge on any atom is -0.315 e. The summed E-state index contributed by atoms with van der Waals surface area (Å²) in [5, 5.41) is 3.33. The first-order chi connectivity index (χ1) is 5.20. The fourth-order valence-corrected chi connectivity index (χ4v) is 1.65. The zero-order chi connectivity index (χ0) is 8.32. The van der Waals surface area contributed by atoms with Gasteiger partial charge in [0.2, 0.25) is 0 Å². The van der Waals surface area contributed by atoms with E-state index in [1.807, 2.05) is 0 Å². The monoisotopic (exact) mass is 156 g/mol. The Bertz CT molecular complexity index is 115. The minimum absolute atomic E-state index is 0.562. The van der Waals surface area contributed by atoms with Gasteiger partial charge in [-0.1, -0.05) is 20.8 Å². The average Bonchev–Trinajstić information content (AvgIpc) is 1.97. The maximum absolute atomic E-state index is 3.33. The largest absolute Gasteiger partial charge is 0.315 e. The van der Waals surface area contributed by atoms with Crippen molar-refractivity contribution in [3.8, 4) is 0 Å². The molecule has 1 heterocycles. The normalized spacial score (nSPS) is 21.8. The molecule has 1 N–H and O–H groups in total. The molecule has 0 atom stereocenters. The Labute approximate surface area is 70.0 Å². The second-order valence-corrected chi connectivity index (χ2v) is 3.88. The van der Waals surface area contributed by atoms with Crippen LogP contribution in [0.25, 0.3) is 0 Å². The van der Waals surface area contributed by atoms with Crippen LogP contribution in [0, 0.1) is 5.41 Å². The molecule has 0 aromatic heterocycles. The number of nitrogens with zero attached hydrogens (tertiary/aromatic N) is 1. The second kappa shape index (κ2) is 3.55. The highest BCUT2D eigenvalue weighted by atomic mass is 15.1. The van der Waals surface area contributed by atoms with E-state index in [0.29, 0.717) is 5.41 Å². The van der Waals surface area contributed by atoms with E-state index in [0.717, 1.165) is 0 Å². The van der Waals surface area contributed by atoms with Crippen LogP contribution < -0.4 is 5.32 Å². The van der Waals surface area contributed by atoms with E-state index in [-0.39, 0.29) is 0 Å². The first-order valence-electron chi connectivity index (χ1n) is 4.63. The highest BCUT2D eigenvalue weighted by Crippen LogP contribution is 2.22. The van der Waals surface area contributed by atoms with E-state index >= 15 is 0 Å². The summed E-state index contributed by atoms with van der Waals surface area (Å²) in [5.41, 5.74) is 0.562. The van der Waals surface area contributed by atoms with E-state index in [1.165, 1.54) is 32.7 Å². The molecular formula is C9H20N2. The van der Waals surface area contributed by atoms with Crippen LogP contribution in [0.15, 0.2) is 0 Å². The summed E-state index contributed by atoms with van der Waals surface area (Å²) in [5.74, 6) is 0. The van der Waals surface area contributed by atoms with Crippen molar-refractivity contribution in [2.24, 2.45) is 5.41 Å². The lowest BCUT2D eigenvalue weighted by Crippen LogP contribution is -2.56. The van der Waals surface area contributed by atoms with E-state index in [2.05, 4.69) is 31.0 Å². The summed E-state index contributed by atoms with van der Waals surface area (Å²) in [7, 11) is 0. The van der Waals surface area contributed by atoms with Crippen LogP contribution >= 0.6 is 0 Å². The van der Waals surface area contributed by atoms with Crippen molar-refractivity contribution in [1.82, 2.24) is 10.2 Å². The summed E-state index contributed by atoms with van der Waals surface area (Å²) in [6.45, 7) is 12.9. The molecule has 0 amide bonds. The van der Waals surface area contributed by atoms with Gasteiger partial charge >= 0.3 is 0 Å². The molecule has 0 bridgehead atoms. The molecule has 1 fully saturated rings. The number of hydrogen-bond donors (Lipinski definition) is 1. The molecule has 1 saturated heterocycles. The molecule has 66 valence electrons. The Morgan fingerprint density at radius 1 is 1.27 bits per heavy atom. The number of nitrogens with one attached hydrogen (secondary N) is 1. The molecule has 0 aliphatic carbocycles. The predicted octanol–water partition coefficient (Wildman–Crippen LogP) is 0.938.